The molecule has 0 amide bonds. The van der Waals surface area contributed by atoms with E-state index in [-0.39, 0.29) is 0 Å². The van der Waals surface area contributed by atoms with Crippen LogP contribution in [0.1, 0.15) is 5.56 Å². The molecular formula is C21H22ClN5O2S. The summed E-state index contributed by atoms with van der Waals surface area (Å²) < 4.78 is 27.3. The Morgan fingerprint density at radius 1 is 1.03 bits per heavy atom. The van der Waals surface area contributed by atoms with E-state index in [1.807, 2.05) is 42.2 Å². The van der Waals surface area contributed by atoms with Gasteiger partial charge < -0.3 is 14.8 Å². The lowest BCUT2D eigenvalue weighted by Gasteiger charge is -2.35. The van der Waals surface area contributed by atoms with Gasteiger partial charge in [0.1, 0.15) is 5.82 Å². The maximum atomic E-state index is 12.9. The first-order valence-corrected chi connectivity index (χ1v) is 11.4. The molecule has 1 fully saturated rings. The average molecular weight is 444 g/mol. The highest BCUT2D eigenvalue weighted by molar-refractivity contribution is 7.95. The Labute approximate surface area is 182 Å². The van der Waals surface area contributed by atoms with Gasteiger partial charge in [-0.3, -0.25) is 0 Å². The molecule has 4 rings (SSSR count). The molecule has 0 bridgehead atoms. The summed E-state index contributed by atoms with van der Waals surface area (Å²) in [7, 11) is -3.50. The maximum absolute atomic E-state index is 12.9. The van der Waals surface area contributed by atoms with Gasteiger partial charge in [-0.1, -0.05) is 45.6 Å². The summed E-state index contributed by atoms with van der Waals surface area (Å²) >= 11 is 6.20. The molecule has 7 nitrogen and oxygen atoms in total. The fourth-order valence-electron chi connectivity index (χ4n) is 3.26. The number of hydrogen-bond acceptors (Lipinski definition) is 6. The van der Waals surface area contributed by atoms with Crippen LogP contribution in [0.4, 0.5) is 17.5 Å². The predicted octanol–water partition coefficient (Wildman–Crippen LogP) is 3.91. The van der Waals surface area contributed by atoms with Crippen LogP contribution < -0.4 is 10.2 Å². The van der Waals surface area contributed by atoms with Gasteiger partial charge in [0.05, 0.1) is 23.8 Å². The third kappa shape index (κ3) is 4.46. The highest BCUT2D eigenvalue weighted by Crippen LogP contribution is 2.26. The van der Waals surface area contributed by atoms with Crippen LogP contribution in [0.15, 0.2) is 65.7 Å². The fraction of sp³-hybridized carbons (Fsp3) is 0.238. The van der Waals surface area contributed by atoms with Gasteiger partial charge >= 0.3 is 0 Å². The van der Waals surface area contributed by atoms with Crippen LogP contribution in [0.3, 0.4) is 0 Å². The van der Waals surface area contributed by atoms with E-state index in [9.17, 15) is 8.76 Å². The van der Waals surface area contributed by atoms with Crippen molar-refractivity contribution in [2.45, 2.75) is 11.8 Å². The second-order valence-electron chi connectivity index (χ2n) is 7.05. The molecule has 2 aromatic carbocycles. The van der Waals surface area contributed by atoms with Gasteiger partial charge in [-0.05, 0) is 37.3 Å². The van der Waals surface area contributed by atoms with Crippen molar-refractivity contribution >= 4 is 39.5 Å². The van der Waals surface area contributed by atoms with Crippen LogP contribution in [-0.2, 0) is 14.6 Å². The van der Waals surface area contributed by atoms with E-state index in [0.717, 1.165) is 11.3 Å². The molecule has 1 saturated heterocycles. The van der Waals surface area contributed by atoms with Gasteiger partial charge in [0.2, 0.25) is 5.95 Å². The molecule has 156 valence electrons. The van der Waals surface area contributed by atoms with E-state index in [2.05, 4.69) is 15.3 Å². The van der Waals surface area contributed by atoms with Gasteiger partial charge in [-0.2, -0.15) is 4.98 Å². The van der Waals surface area contributed by atoms with E-state index < -0.39 is 10.4 Å². The minimum Gasteiger partial charge on any atom is -0.593 e. The smallest absolute Gasteiger partial charge is 0.227 e. The first-order chi connectivity index (χ1) is 14.4. The third-order valence-corrected chi connectivity index (χ3v) is 7.20. The molecule has 0 spiro atoms. The number of aromatic nitrogens is 2. The zero-order valence-corrected chi connectivity index (χ0v) is 18.1. The lowest BCUT2D eigenvalue weighted by atomic mass is 10.2. The fourth-order valence-corrected chi connectivity index (χ4v) is 4.86. The molecule has 1 aromatic heterocycles. The molecule has 1 N–H and O–H groups in total. The highest BCUT2D eigenvalue weighted by atomic mass is 35.5. The molecule has 1 aliphatic heterocycles. The van der Waals surface area contributed by atoms with Crippen LogP contribution in [-0.4, -0.2) is 45.0 Å². The molecule has 0 saturated carbocycles. The van der Waals surface area contributed by atoms with E-state index in [0.29, 0.717) is 47.9 Å². The summed E-state index contributed by atoms with van der Waals surface area (Å²) in [5, 5.41) is 3.80. The Bertz CT molecular complexity index is 1070. The van der Waals surface area contributed by atoms with Crippen molar-refractivity contribution in [3.05, 3.63) is 71.4 Å². The summed E-state index contributed by atoms with van der Waals surface area (Å²) in [5.74, 6) is 1.18. The van der Waals surface area contributed by atoms with Gasteiger partial charge in [-0.15, -0.1) is 4.31 Å². The first-order valence-electron chi connectivity index (χ1n) is 9.60. The SMILES string of the molecule is Cc1ccc([S+](=O)([O-])N2CCN(c3nccc(Nc4ccccc4Cl)n3)CC2)cc1. The summed E-state index contributed by atoms with van der Waals surface area (Å²) in [6.07, 6.45) is 1.68. The van der Waals surface area contributed by atoms with Crippen molar-refractivity contribution in [2.75, 3.05) is 36.4 Å². The summed E-state index contributed by atoms with van der Waals surface area (Å²) in [5.41, 5.74) is 1.79. The third-order valence-electron chi connectivity index (χ3n) is 4.96. The molecule has 1 atom stereocenters. The largest absolute Gasteiger partial charge is 0.593 e. The zero-order valence-electron chi connectivity index (χ0n) is 16.5. The van der Waals surface area contributed by atoms with Crippen molar-refractivity contribution in [3.8, 4) is 0 Å². The Hall–Kier alpha value is -2.52. The molecule has 9 heteroatoms. The number of nitrogens with one attached hydrogen (secondary N) is 1. The number of sulfonamides is 1. The molecule has 0 radical (unpaired) electrons. The van der Waals surface area contributed by atoms with Gasteiger partial charge in [-0.25, -0.2) is 4.98 Å². The number of nitrogens with zero attached hydrogens (tertiary/aromatic N) is 4. The number of anilines is 3. The Morgan fingerprint density at radius 3 is 2.43 bits per heavy atom. The summed E-state index contributed by atoms with van der Waals surface area (Å²) in [4.78, 5) is 11.2. The topological polar surface area (TPSA) is 84.4 Å². The number of halogens is 1. The summed E-state index contributed by atoms with van der Waals surface area (Å²) in [6.45, 7) is 3.72. The van der Waals surface area contributed by atoms with Crippen LogP contribution >= 0.6 is 11.6 Å². The number of hydrogen-bond donors (Lipinski definition) is 1. The van der Waals surface area contributed by atoms with Gasteiger partial charge in [0.15, 0.2) is 15.3 Å². The maximum Gasteiger partial charge on any atom is 0.227 e. The molecule has 1 aliphatic rings. The minimum absolute atomic E-state index is 0.323. The molecule has 1 unspecified atom stereocenters. The van der Waals surface area contributed by atoms with Crippen LogP contribution in [0.2, 0.25) is 5.02 Å². The standard InChI is InChI=1S/C21H22ClN5O2S/c1-16-6-8-17(9-7-16)30(28,29)27-14-12-26(13-15-27)21-23-11-10-20(25-21)24-19-5-3-2-4-18(19)22/h2-11H,12-15H2,1H3,(H-,23,24,25,28,29). The number of piperazine rings is 1. The number of rotatable bonds is 5. The van der Waals surface area contributed by atoms with Gasteiger partial charge in [0, 0.05) is 19.3 Å². The van der Waals surface area contributed by atoms with E-state index in [1.54, 1.807) is 30.5 Å². The Balaban J connectivity index is 1.43. The van der Waals surface area contributed by atoms with Crippen LogP contribution in [0.25, 0.3) is 0 Å². The Kier molecular flexibility index (Phi) is 6.01. The van der Waals surface area contributed by atoms with Crippen molar-refractivity contribution in [3.63, 3.8) is 0 Å². The number of para-hydroxylation sites is 1. The molecule has 2 heterocycles. The average Bonchev–Trinajstić information content (AvgIpc) is 2.76. The monoisotopic (exact) mass is 443 g/mol. The van der Waals surface area contributed by atoms with Crippen molar-refractivity contribution in [1.29, 1.82) is 0 Å². The Morgan fingerprint density at radius 2 is 1.73 bits per heavy atom. The van der Waals surface area contributed by atoms with E-state index in [4.69, 9.17) is 11.6 Å². The van der Waals surface area contributed by atoms with Gasteiger partial charge in [0.25, 0.3) is 0 Å². The quantitative estimate of drug-likeness (QED) is 0.602. The minimum atomic E-state index is -3.50. The van der Waals surface area contributed by atoms with Crippen molar-refractivity contribution < 1.29 is 8.76 Å². The zero-order chi connectivity index (χ0) is 21.1. The molecule has 3 aromatic rings. The predicted molar refractivity (Wildman–Crippen MR) is 119 cm³/mol. The molecule has 0 aliphatic carbocycles. The van der Waals surface area contributed by atoms with Crippen molar-refractivity contribution in [2.24, 2.45) is 0 Å². The summed E-state index contributed by atoms with van der Waals surface area (Å²) in [6, 6.07) is 16.1. The normalized spacial score (nSPS) is 16.8. The van der Waals surface area contributed by atoms with Crippen LogP contribution in [0.5, 0.6) is 0 Å². The lowest BCUT2D eigenvalue weighted by Crippen LogP contribution is -2.51. The first kappa shape index (κ1) is 20.7. The second kappa shape index (κ2) is 8.69. The van der Waals surface area contributed by atoms with E-state index >= 15 is 0 Å². The molecule has 30 heavy (non-hydrogen) atoms. The second-order valence-corrected chi connectivity index (χ2v) is 9.40. The number of benzene rings is 2. The molecular weight excluding hydrogens is 422 g/mol. The lowest BCUT2D eigenvalue weighted by molar-refractivity contribution is 0.337. The number of aryl methyl sites for hydroxylation is 1. The van der Waals surface area contributed by atoms with Crippen molar-refractivity contribution in [1.82, 2.24) is 14.3 Å². The highest BCUT2D eigenvalue weighted by Gasteiger charge is 2.33. The van der Waals surface area contributed by atoms with E-state index in [1.165, 1.54) is 4.31 Å². The van der Waals surface area contributed by atoms with Crippen LogP contribution in [0, 0.1) is 6.92 Å².